The number of nitrogens with zero attached hydrogens (tertiary/aromatic N) is 5. The van der Waals surface area contributed by atoms with E-state index in [1.807, 2.05) is 17.9 Å². The molecule has 3 heterocycles. The highest BCUT2D eigenvalue weighted by molar-refractivity contribution is 7.10. The third-order valence-electron chi connectivity index (χ3n) is 4.98. The molecule has 1 saturated carbocycles. The number of hydrogen-bond donors (Lipinski definition) is 1. The van der Waals surface area contributed by atoms with Crippen molar-refractivity contribution in [2.75, 3.05) is 0 Å². The van der Waals surface area contributed by atoms with Crippen molar-refractivity contribution < 1.29 is 4.79 Å². The second kappa shape index (κ2) is 5.26. The van der Waals surface area contributed by atoms with Crippen molar-refractivity contribution in [3.8, 4) is 5.69 Å². The number of aryl methyl sites for hydroxylation is 1. The highest BCUT2D eigenvalue weighted by Gasteiger charge is 2.66. The highest BCUT2D eigenvalue weighted by Crippen LogP contribution is 2.68. The van der Waals surface area contributed by atoms with Gasteiger partial charge in [0.1, 0.15) is 11.5 Å². The molecule has 0 saturated heterocycles. The molecule has 1 aliphatic rings. The summed E-state index contributed by atoms with van der Waals surface area (Å²) in [5, 5.41) is 10.9. The maximum Gasteiger partial charge on any atom is 0.225 e. The number of nitrogens with two attached hydrogens (primary N) is 1. The molecule has 8 heteroatoms. The Morgan fingerprint density at radius 2 is 2.20 bits per heavy atom. The Bertz CT molecular complexity index is 938. The van der Waals surface area contributed by atoms with Crippen LogP contribution in [0.2, 0.25) is 0 Å². The summed E-state index contributed by atoms with van der Waals surface area (Å²) in [6.07, 6.45) is 4.66. The average Bonchev–Trinajstić information content (AvgIpc) is 3.05. The molecule has 3 aromatic heterocycles. The molecule has 0 aliphatic heterocycles. The minimum absolute atomic E-state index is 0.0290. The van der Waals surface area contributed by atoms with Crippen LogP contribution in [0.4, 0.5) is 0 Å². The van der Waals surface area contributed by atoms with Crippen LogP contribution in [0, 0.1) is 5.41 Å². The molecule has 1 aliphatic carbocycles. The Morgan fingerprint density at radius 1 is 1.44 bits per heavy atom. The molecule has 25 heavy (non-hydrogen) atoms. The maximum atomic E-state index is 11.4. The predicted octanol–water partition coefficient (Wildman–Crippen LogP) is 1.81. The van der Waals surface area contributed by atoms with Gasteiger partial charge >= 0.3 is 0 Å². The van der Waals surface area contributed by atoms with Crippen molar-refractivity contribution in [2.24, 2.45) is 18.2 Å². The number of hydrogen-bond acceptors (Lipinski definition) is 5. The van der Waals surface area contributed by atoms with Gasteiger partial charge in [0.05, 0.1) is 24.2 Å². The largest absolute Gasteiger partial charge is 0.369 e. The van der Waals surface area contributed by atoms with Gasteiger partial charge in [-0.05, 0) is 23.3 Å². The van der Waals surface area contributed by atoms with Crippen molar-refractivity contribution >= 4 is 17.2 Å². The van der Waals surface area contributed by atoms with Gasteiger partial charge in [-0.2, -0.15) is 10.2 Å². The molecule has 0 radical (unpaired) electrons. The second-order valence-electron chi connectivity index (χ2n) is 7.22. The van der Waals surface area contributed by atoms with Gasteiger partial charge in [-0.3, -0.25) is 9.48 Å². The number of carbonyl (C=O) groups is 1. The van der Waals surface area contributed by atoms with E-state index in [2.05, 4.69) is 41.6 Å². The lowest BCUT2D eigenvalue weighted by atomic mass is 9.93. The second-order valence-corrected chi connectivity index (χ2v) is 8.17. The molecule has 3 aromatic rings. The zero-order valence-electron chi connectivity index (χ0n) is 14.4. The van der Waals surface area contributed by atoms with E-state index in [4.69, 9.17) is 10.7 Å². The standard InChI is InChI=1S/C17H20N6OS/c1-16(2)10-17(16,12-5-4-6-25-12)15-20-14(7-13(18)24)21-23(15)11-8-19-22(3)9-11/h4-6,8-9H,7,10H2,1-3H3,(H2,18,24). The van der Waals surface area contributed by atoms with Crippen LogP contribution in [0.5, 0.6) is 0 Å². The number of thiophene rings is 1. The fourth-order valence-electron chi connectivity index (χ4n) is 3.61. The van der Waals surface area contributed by atoms with E-state index in [0.717, 1.165) is 17.9 Å². The molecular weight excluding hydrogens is 336 g/mol. The molecule has 1 fully saturated rings. The number of carbonyl (C=O) groups excluding carboxylic acids is 1. The summed E-state index contributed by atoms with van der Waals surface area (Å²) in [7, 11) is 1.86. The molecular formula is C17H20N6OS. The lowest BCUT2D eigenvalue weighted by Gasteiger charge is -2.19. The minimum Gasteiger partial charge on any atom is -0.369 e. The van der Waals surface area contributed by atoms with Gasteiger partial charge in [0.25, 0.3) is 0 Å². The van der Waals surface area contributed by atoms with Crippen LogP contribution in [0.25, 0.3) is 5.69 Å². The Morgan fingerprint density at radius 3 is 2.72 bits per heavy atom. The first kappa shape index (κ1) is 16.0. The van der Waals surface area contributed by atoms with Crippen LogP contribution >= 0.6 is 11.3 Å². The molecule has 0 bridgehead atoms. The first-order valence-corrected chi connectivity index (χ1v) is 8.99. The van der Waals surface area contributed by atoms with Crippen LogP contribution in [0.15, 0.2) is 29.9 Å². The fourth-order valence-corrected chi connectivity index (χ4v) is 4.71. The van der Waals surface area contributed by atoms with Crippen molar-refractivity contribution in [3.63, 3.8) is 0 Å². The van der Waals surface area contributed by atoms with Crippen molar-refractivity contribution in [1.82, 2.24) is 24.5 Å². The van der Waals surface area contributed by atoms with Crippen molar-refractivity contribution in [1.29, 1.82) is 0 Å². The minimum atomic E-state index is -0.435. The van der Waals surface area contributed by atoms with Gasteiger partial charge in [0.15, 0.2) is 5.82 Å². The van der Waals surface area contributed by atoms with E-state index in [0.29, 0.717) is 5.82 Å². The van der Waals surface area contributed by atoms with Crippen molar-refractivity contribution in [2.45, 2.75) is 32.1 Å². The normalized spacial score (nSPS) is 21.4. The molecule has 4 rings (SSSR count). The van der Waals surface area contributed by atoms with Crippen LogP contribution in [0.1, 0.15) is 36.8 Å². The summed E-state index contributed by atoms with van der Waals surface area (Å²) in [4.78, 5) is 17.4. The van der Waals surface area contributed by atoms with E-state index in [1.54, 1.807) is 22.2 Å². The van der Waals surface area contributed by atoms with E-state index >= 15 is 0 Å². The Balaban J connectivity index is 1.91. The van der Waals surface area contributed by atoms with E-state index in [1.165, 1.54) is 4.88 Å². The number of rotatable bonds is 5. The molecule has 1 atom stereocenters. The van der Waals surface area contributed by atoms with Crippen LogP contribution in [0.3, 0.4) is 0 Å². The third kappa shape index (κ3) is 2.39. The first-order valence-electron chi connectivity index (χ1n) is 8.11. The van der Waals surface area contributed by atoms with Crippen LogP contribution < -0.4 is 5.73 Å². The van der Waals surface area contributed by atoms with Gasteiger partial charge in [0.2, 0.25) is 5.91 Å². The van der Waals surface area contributed by atoms with Crippen LogP contribution in [-0.2, 0) is 23.7 Å². The van der Waals surface area contributed by atoms with E-state index in [-0.39, 0.29) is 17.3 Å². The number of primary amides is 1. The average molecular weight is 356 g/mol. The third-order valence-corrected chi connectivity index (χ3v) is 6.01. The molecule has 0 aromatic carbocycles. The lowest BCUT2D eigenvalue weighted by molar-refractivity contribution is -0.117. The van der Waals surface area contributed by atoms with Gasteiger partial charge in [-0.15, -0.1) is 11.3 Å². The highest BCUT2D eigenvalue weighted by atomic mass is 32.1. The monoisotopic (exact) mass is 356 g/mol. The topological polar surface area (TPSA) is 91.6 Å². The molecule has 1 amide bonds. The molecule has 130 valence electrons. The molecule has 1 unspecified atom stereocenters. The van der Waals surface area contributed by atoms with Crippen molar-refractivity contribution in [3.05, 3.63) is 46.4 Å². The SMILES string of the molecule is Cn1cc(-n2nc(CC(N)=O)nc2C2(c3cccs3)CC2(C)C)cn1. The number of amides is 1. The maximum absolute atomic E-state index is 11.4. The summed E-state index contributed by atoms with van der Waals surface area (Å²) in [6, 6.07) is 4.21. The van der Waals surface area contributed by atoms with Gasteiger partial charge < -0.3 is 5.73 Å². The summed E-state index contributed by atoms with van der Waals surface area (Å²) >= 11 is 1.73. The summed E-state index contributed by atoms with van der Waals surface area (Å²) < 4.78 is 3.55. The predicted molar refractivity (Wildman–Crippen MR) is 94.5 cm³/mol. The van der Waals surface area contributed by atoms with E-state index in [9.17, 15) is 4.79 Å². The summed E-state index contributed by atoms with van der Waals surface area (Å²) in [5.41, 5.74) is 6.05. The Hall–Kier alpha value is -2.48. The molecule has 0 spiro atoms. The van der Waals surface area contributed by atoms with E-state index < -0.39 is 5.91 Å². The first-order chi connectivity index (χ1) is 11.8. The Labute approximate surface area is 149 Å². The molecule has 7 nitrogen and oxygen atoms in total. The van der Waals surface area contributed by atoms with Gasteiger partial charge in [-0.25, -0.2) is 9.67 Å². The number of aromatic nitrogens is 5. The van der Waals surface area contributed by atoms with Crippen LogP contribution in [-0.4, -0.2) is 30.5 Å². The molecule has 2 N–H and O–H groups in total. The Kier molecular flexibility index (Phi) is 3.37. The lowest BCUT2D eigenvalue weighted by Crippen LogP contribution is -2.21. The quantitative estimate of drug-likeness (QED) is 0.755. The summed E-state index contributed by atoms with van der Waals surface area (Å²) in [5.74, 6) is 0.865. The fraction of sp³-hybridized carbons (Fsp3) is 0.412. The zero-order chi connectivity index (χ0) is 17.8. The zero-order valence-corrected chi connectivity index (χ0v) is 15.2. The van der Waals surface area contributed by atoms with Gasteiger partial charge in [0, 0.05) is 11.9 Å². The summed E-state index contributed by atoms with van der Waals surface area (Å²) in [6.45, 7) is 4.48. The smallest absolute Gasteiger partial charge is 0.225 e. The van der Waals surface area contributed by atoms with Gasteiger partial charge in [-0.1, -0.05) is 19.9 Å².